The molecule has 0 spiro atoms. The zero-order valence-electron chi connectivity index (χ0n) is 13.2. The molecule has 1 amide bonds. The van der Waals surface area contributed by atoms with Gasteiger partial charge in [-0.25, -0.2) is 4.79 Å². The number of rotatable bonds is 6. The summed E-state index contributed by atoms with van der Waals surface area (Å²) in [7, 11) is 1.31. The number of nitrogens with one attached hydrogen (secondary N) is 1. The second kappa shape index (κ2) is 7.67. The SMILES string of the molecule is COC(=O)C(NC(=O)c1cccc(OC(C)C)c1)C(C)C. The Morgan fingerprint density at radius 1 is 1.14 bits per heavy atom. The normalized spacial score (nSPS) is 12.1. The number of ether oxygens (including phenoxy) is 2. The van der Waals surface area contributed by atoms with Crippen molar-refractivity contribution in [3.05, 3.63) is 29.8 Å². The first-order valence-corrected chi connectivity index (χ1v) is 7.00. The molecule has 1 aromatic carbocycles. The summed E-state index contributed by atoms with van der Waals surface area (Å²) in [6.07, 6.45) is 0.0294. The molecule has 1 rings (SSSR count). The van der Waals surface area contributed by atoms with Crippen LogP contribution in [0.2, 0.25) is 0 Å². The van der Waals surface area contributed by atoms with Gasteiger partial charge >= 0.3 is 5.97 Å². The molecule has 1 atom stereocenters. The third-order valence-electron chi connectivity index (χ3n) is 2.88. The van der Waals surface area contributed by atoms with Gasteiger partial charge in [-0.3, -0.25) is 4.79 Å². The number of esters is 1. The van der Waals surface area contributed by atoms with E-state index in [4.69, 9.17) is 9.47 Å². The van der Waals surface area contributed by atoms with E-state index in [1.54, 1.807) is 24.3 Å². The van der Waals surface area contributed by atoms with Gasteiger partial charge in [-0.1, -0.05) is 19.9 Å². The van der Waals surface area contributed by atoms with Crippen molar-refractivity contribution in [2.24, 2.45) is 5.92 Å². The van der Waals surface area contributed by atoms with Gasteiger partial charge in [0, 0.05) is 5.56 Å². The molecule has 1 unspecified atom stereocenters. The van der Waals surface area contributed by atoms with Gasteiger partial charge in [-0.2, -0.15) is 0 Å². The molecule has 1 aromatic rings. The fourth-order valence-corrected chi connectivity index (χ4v) is 1.83. The molecule has 0 radical (unpaired) electrons. The van der Waals surface area contributed by atoms with Crippen LogP contribution in [0.4, 0.5) is 0 Å². The van der Waals surface area contributed by atoms with Gasteiger partial charge in [0.2, 0.25) is 0 Å². The van der Waals surface area contributed by atoms with E-state index in [-0.39, 0.29) is 17.9 Å². The van der Waals surface area contributed by atoms with E-state index in [2.05, 4.69) is 5.32 Å². The highest BCUT2D eigenvalue weighted by molar-refractivity contribution is 5.97. The Kier molecular flexibility index (Phi) is 6.21. The van der Waals surface area contributed by atoms with E-state index >= 15 is 0 Å². The molecule has 5 heteroatoms. The van der Waals surface area contributed by atoms with Gasteiger partial charge in [-0.15, -0.1) is 0 Å². The first-order chi connectivity index (χ1) is 9.85. The van der Waals surface area contributed by atoms with Crippen LogP contribution in [0.5, 0.6) is 5.75 Å². The number of hydrogen-bond donors (Lipinski definition) is 1. The van der Waals surface area contributed by atoms with E-state index in [0.29, 0.717) is 11.3 Å². The molecule has 1 N–H and O–H groups in total. The minimum absolute atomic E-state index is 0.0294. The zero-order chi connectivity index (χ0) is 16.0. The van der Waals surface area contributed by atoms with Crippen molar-refractivity contribution in [3.63, 3.8) is 0 Å². The highest BCUT2D eigenvalue weighted by Crippen LogP contribution is 2.15. The van der Waals surface area contributed by atoms with Gasteiger partial charge in [0.25, 0.3) is 5.91 Å². The highest BCUT2D eigenvalue weighted by atomic mass is 16.5. The predicted octanol–water partition coefficient (Wildman–Crippen LogP) is 2.40. The smallest absolute Gasteiger partial charge is 0.328 e. The van der Waals surface area contributed by atoms with Crippen molar-refractivity contribution in [1.29, 1.82) is 0 Å². The Morgan fingerprint density at radius 3 is 2.33 bits per heavy atom. The molecule has 0 fully saturated rings. The number of carbonyl (C=O) groups is 2. The molecular formula is C16H23NO4. The maximum Gasteiger partial charge on any atom is 0.328 e. The van der Waals surface area contributed by atoms with Crippen LogP contribution in [-0.2, 0) is 9.53 Å². The topological polar surface area (TPSA) is 64.6 Å². The summed E-state index contributed by atoms with van der Waals surface area (Å²) in [5.41, 5.74) is 0.447. The van der Waals surface area contributed by atoms with E-state index in [1.807, 2.05) is 27.7 Å². The van der Waals surface area contributed by atoms with Gasteiger partial charge in [0.15, 0.2) is 0 Å². The van der Waals surface area contributed by atoms with Gasteiger partial charge in [-0.05, 0) is 38.0 Å². The maximum absolute atomic E-state index is 12.2. The molecule has 5 nitrogen and oxygen atoms in total. The van der Waals surface area contributed by atoms with Crippen LogP contribution in [0, 0.1) is 5.92 Å². The first kappa shape index (κ1) is 17.0. The third-order valence-corrected chi connectivity index (χ3v) is 2.88. The Bertz CT molecular complexity index is 497. The fraction of sp³-hybridized carbons (Fsp3) is 0.500. The first-order valence-electron chi connectivity index (χ1n) is 7.00. The van der Waals surface area contributed by atoms with Gasteiger partial charge < -0.3 is 14.8 Å². The largest absolute Gasteiger partial charge is 0.491 e. The molecule has 116 valence electrons. The number of carbonyl (C=O) groups excluding carboxylic acids is 2. The Hall–Kier alpha value is -2.04. The Morgan fingerprint density at radius 2 is 1.81 bits per heavy atom. The molecule has 0 aliphatic heterocycles. The van der Waals surface area contributed by atoms with E-state index in [0.717, 1.165) is 0 Å². The van der Waals surface area contributed by atoms with Crippen molar-refractivity contribution in [3.8, 4) is 5.75 Å². The number of benzene rings is 1. The second-order valence-electron chi connectivity index (χ2n) is 5.41. The number of amides is 1. The molecule has 0 aliphatic rings. The minimum atomic E-state index is -0.669. The Balaban J connectivity index is 2.85. The fourth-order valence-electron chi connectivity index (χ4n) is 1.83. The number of methoxy groups -OCH3 is 1. The lowest BCUT2D eigenvalue weighted by Gasteiger charge is -2.20. The average Bonchev–Trinajstić information content (AvgIpc) is 2.42. The van der Waals surface area contributed by atoms with Crippen LogP contribution in [0.3, 0.4) is 0 Å². The van der Waals surface area contributed by atoms with Crippen LogP contribution >= 0.6 is 0 Å². The number of hydrogen-bond acceptors (Lipinski definition) is 4. The van der Waals surface area contributed by atoms with E-state index in [9.17, 15) is 9.59 Å². The Labute approximate surface area is 125 Å². The van der Waals surface area contributed by atoms with Crippen LogP contribution in [0.25, 0.3) is 0 Å². The summed E-state index contributed by atoms with van der Waals surface area (Å²) in [6, 6.07) is 6.20. The standard InChI is InChI=1S/C16H23NO4/c1-10(2)14(16(19)20-5)17-15(18)12-7-6-8-13(9-12)21-11(3)4/h6-11,14H,1-5H3,(H,17,18). The average molecular weight is 293 g/mol. The van der Waals surface area contributed by atoms with Crippen molar-refractivity contribution in [2.75, 3.05) is 7.11 Å². The monoisotopic (exact) mass is 293 g/mol. The molecular weight excluding hydrogens is 270 g/mol. The summed E-state index contributed by atoms with van der Waals surface area (Å²) >= 11 is 0. The molecule has 0 aromatic heterocycles. The van der Waals surface area contributed by atoms with Crippen LogP contribution in [0.1, 0.15) is 38.1 Å². The van der Waals surface area contributed by atoms with Gasteiger partial charge in [0.1, 0.15) is 11.8 Å². The lowest BCUT2D eigenvalue weighted by Crippen LogP contribution is -2.45. The summed E-state index contributed by atoms with van der Waals surface area (Å²) in [5.74, 6) is -0.213. The maximum atomic E-state index is 12.2. The molecule has 21 heavy (non-hydrogen) atoms. The van der Waals surface area contributed by atoms with Crippen molar-refractivity contribution < 1.29 is 19.1 Å². The van der Waals surface area contributed by atoms with E-state index < -0.39 is 12.0 Å². The summed E-state index contributed by atoms with van der Waals surface area (Å²) in [6.45, 7) is 7.53. The highest BCUT2D eigenvalue weighted by Gasteiger charge is 2.25. The summed E-state index contributed by atoms with van der Waals surface area (Å²) in [4.78, 5) is 23.9. The molecule has 0 bridgehead atoms. The van der Waals surface area contributed by atoms with Crippen LogP contribution in [-0.4, -0.2) is 31.1 Å². The zero-order valence-corrected chi connectivity index (χ0v) is 13.2. The summed E-state index contributed by atoms with van der Waals surface area (Å²) < 4.78 is 10.3. The van der Waals surface area contributed by atoms with Crippen LogP contribution < -0.4 is 10.1 Å². The minimum Gasteiger partial charge on any atom is -0.491 e. The molecule has 0 saturated heterocycles. The lowest BCUT2D eigenvalue weighted by molar-refractivity contribution is -0.144. The van der Waals surface area contributed by atoms with Crippen molar-refractivity contribution >= 4 is 11.9 Å². The predicted molar refractivity (Wildman–Crippen MR) is 80.3 cm³/mol. The molecule has 0 saturated carbocycles. The van der Waals surface area contributed by atoms with Gasteiger partial charge in [0.05, 0.1) is 13.2 Å². The molecule has 0 aliphatic carbocycles. The summed E-state index contributed by atoms with van der Waals surface area (Å²) in [5, 5.41) is 2.69. The lowest BCUT2D eigenvalue weighted by atomic mass is 10.0. The van der Waals surface area contributed by atoms with Crippen molar-refractivity contribution in [1.82, 2.24) is 5.32 Å². The quantitative estimate of drug-likeness (QED) is 0.818. The third kappa shape index (κ3) is 5.10. The molecule has 0 heterocycles. The van der Waals surface area contributed by atoms with Crippen LogP contribution in [0.15, 0.2) is 24.3 Å². The van der Waals surface area contributed by atoms with Crippen molar-refractivity contribution in [2.45, 2.75) is 39.8 Å². The second-order valence-corrected chi connectivity index (χ2v) is 5.41. The van der Waals surface area contributed by atoms with E-state index in [1.165, 1.54) is 7.11 Å².